The first kappa shape index (κ1) is 38.4. The zero-order valence-electron chi connectivity index (χ0n) is 22.9. The third-order valence-electron chi connectivity index (χ3n) is 5.13. The molecule has 16 nitrogen and oxygen atoms in total. The Bertz CT molecular complexity index is 1700. The standard InChI is InChI=1S/C21H27N7O9S3.2Na/c1-2-14-5-3-4-6-17(14)25-21-27-19(23-9-11-38(29,30)12-10-37-40(34,35)36)26-20(28-21)24-15-7-8-18(16(22)13-15)39(31,32)33;;/h3-8,13H,2,9-12,22H2,1H3,(H,31,32,33)(H,34,35,36)(H3,23,24,25,26,27,28);;/q;2*+1/p-2. The van der Waals surface area contributed by atoms with Gasteiger partial charge in [0.2, 0.25) is 28.2 Å². The molecule has 0 bridgehead atoms. The number of aryl methyl sites for hydroxylation is 1. The molecular formula is C21H25N7Na2O9S3. The van der Waals surface area contributed by atoms with Gasteiger partial charge in [-0.15, -0.1) is 0 Å². The predicted octanol–water partition coefficient (Wildman–Crippen LogP) is -5.28. The van der Waals surface area contributed by atoms with Crippen molar-refractivity contribution in [2.75, 3.05) is 46.3 Å². The predicted molar refractivity (Wildman–Crippen MR) is 144 cm³/mol. The maximum atomic E-state index is 12.2. The fourth-order valence-electron chi connectivity index (χ4n) is 3.30. The van der Waals surface area contributed by atoms with Crippen LogP contribution in [0, 0.1) is 0 Å². The second-order valence-electron chi connectivity index (χ2n) is 8.08. The van der Waals surface area contributed by atoms with Crippen molar-refractivity contribution in [2.45, 2.75) is 18.2 Å². The van der Waals surface area contributed by atoms with Gasteiger partial charge < -0.3 is 30.8 Å². The molecule has 42 heavy (non-hydrogen) atoms. The molecule has 0 saturated heterocycles. The normalized spacial score (nSPS) is 11.6. The second kappa shape index (κ2) is 16.5. The topological polar surface area (TPSA) is 259 Å². The number of nitrogens with one attached hydrogen (secondary N) is 3. The Balaban J connectivity index is 0.00000441. The number of aromatic nitrogens is 3. The number of nitrogens with two attached hydrogens (primary N) is 1. The Morgan fingerprint density at radius 1 is 0.857 bits per heavy atom. The van der Waals surface area contributed by atoms with Crippen molar-refractivity contribution in [2.24, 2.45) is 0 Å². The first-order valence-corrected chi connectivity index (χ1v) is 16.0. The van der Waals surface area contributed by atoms with Crippen molar-refractivity contribution >= 4 is 65.3 Å². The van der Waals surface area contributed by atoms with Gasteiger partial charge >= 0.3 is 59.1 Å². The number of nitrogen functional groups attached to an aromatic ring is 1. The van der Waals surface area contributed by atoms with E-state index in [1.165, 1.54) is 12.1 Å². The Hall–Kier alpha value is -1.62. The zero-order chi connectivity index (χ0) is 29.6. The quantitative estimate of drug-likeness (QED) is 0.0544. The summed E-state index contributed by atoms with van der Waals surface area (Å²) in [5, 5.41) is 8.64. The maximum Gasteiger partial charge on any atom is 1.00 e. The molecule has 0 radical (unpaired) electrons. The summed E-state index contributed by atoms with van der Waals surface area (Å²) in [5.74, 6) is -1.17. The minimum Gasteiger partial charge on any atom is -0.744 e. The minimum absolute atomic E-state index is 0. The zero-order valence-corrected chi connectivity index (χ0v) is 29.3. The van der Waals surface area contributed by atoms with Crippen LogP contribution < -0.4 is 80.8 Å². The van der Waals surface area contributed by atoms with Crippen LogP contribution in [0.1, 0.15) is 12.5 Å². The van der Waals surface area contributed by atoms with E-state index in [1.807, 2.05) is 31.2 Å². The largest absolute Gasteiger partial charge is 1.00 e. The fraction of sp³-hybridized carbons (Fsp3) is 0.286. The number of benzene rings is 2. The van der Waals surface area contributed by atoms with E-state index in [0.717, 1.165) is 11.6 Å². The van der Waals surface area contributed by atoms with Gasteiger partial charge in [0, 0.05) is 17.9 Å². The minimum atomic E-state index is -5.01. The summed E-state index contributed by atoms with van der Waals surface area (Å²) < 4.78 is 93.7. The van der Waals surface area contributed by atoms with Crippen LogP contribution in [-0.4, -0.2) is 74.0 Å². The smallest absolute Gasteiger partial charge is 0.744 e. The van der Waals surface area contributed by atoms with E-state index in [4.69, 9.17) is 5.73 Å². The van der Waals surface area contributed by atoms with Gasteiger partial charge in [0.1, 0.15) is 10.1 Å². The molecule has 3 aromatic rings. The fourth-order valence-corrected chi connectivity index (χ4v) is 5.23. The van der Waals surface area contributed by atoms with Crippen LogP contribution >= 0.6 is 0 Å². The molecule has 0 saturated carbocycles. The van der Waals surface area contributed by atoms with Crippen molar-refractivity contribution in [3.05, 3.63) is 48.0 Å². The van der Waals surface area contributed by atoms with Gasteiger partial charge in [-0.25, -0.2) is 25.3 Å². The van der Waals surface area contributed by atoms with Gasteiger partial charge in [-0.2, -0.15) is 15.0 Å². The molecule has 0 aliphatic carbocycles. The van der Waals surface area contributed by atoms with Crippen LogP contribution in [0.2, 0.25) is 0 Å². The first-order chi connectivity index (χ1) is 18.6. The molecule has 0 aliphatic rings. The summed E-state index contributed by atoms with van der Waals surface area (Å²) in [6.07, 6.45) is 0.702. The summed E-state index contributed by atoms with van der Waals surface area (Å²) in [4.78, 5) is 12.1. The Kier molecular flexibility index (Phi) is 15.0. The van der Waals surface area contributed by atoms with E-state index in [0.29, 0.717) is 12.1 Å². The molecule has 0 unspecified atom stereocenters. The van der Waals surface area contributed by atoms with E-state index >= 15 is 0 Å². The summed E-state index contributed by atoms with van der Waals surface area (Å²) in [7, 11) is -13.6. The monoisotopic (exact) mass is 661 g/mol. The molecule has 1 aromatic heterocycles. The van der Waals surface area contributed by atoms with Gasteiger partial charge in [0.25, 0.3) is 0 Å². The number of rotatable bonds is 14. The molecule has 21 heteroatoms. The molecular weight excluding hydrogens is 636 g/mol. The van der Waals surface area contributed by atoms with E-state index in [2.05, 4.69) is 35.1 Å². The van der Waals surface area contributed by atoms with E-state index in [-0.39, 0.29) is 94.9 Å². The average molecular weight is 662 g/mol. The molecule has 0 atom stereocenters. The van der Waals surface area contributed by atoms with Gasteiger partial charge in [-0.3, -0.25) is 4.18 Å². The molecule has 3 rings (SSSR count). The van der Waals surface area contributed by atoms with E-state index in [9.17, 15) is 34.4 Å². The molecule has 0 amide bonds. The van der Waals surface area contributed by atoms with Gasteiger partial charge in [-0.05, 0) is 36.2 Å². The molecule has 0 fully saturated rings. The van der Waals surface area contributed by atoms with Crippen LogP contribution in [0.4, 0.5) is 34.9 Å². The first-order valence-electron chi connectivity index (χ1n) is 11.4. The summed E-state index contributed by atoms with van der Waals surface area (Å²) in [6.45, 7) is 0.959. The van der Waals surface area contributed by atoms with Gasteiger partial charge in [0.15, 0.2) is 9.84 Å². The third kappa shape index (κ3) is 12.5. The number of para-hydroxylation sites is 1. The number of sulfone groups is 1. The van der Waals surface area contributed by atoms with Crippen molar-refractivity contribution in [1.82, 2.24) is 15.0 Å². The average Bonchev–Trinajstić information content (AvgIpc) is 2.82. The molecule has 0 spiro atoms. The molecule has 218 valence electrons. The van der Waals surface area contributed by atoms with Crippen LogP contribution in [0.5, 0.6) is 0 Å². The number of hydrogen-bond acceptors (Lipinski definition) is 16. The second-order valence-corrected chi connectivity index (χ2v) is 12.8. The van der Waals surface area contributed by atoms with Crippen LogP contribution in [-0.2, 0) is 41.0 Å². The number of nitrogens with zero attached hydrogens (tertiary/aromatic N) is 3. The molecule has 5 N–H and O–H groups in total. The number of hydrogen-bond donors (Lipinski definition) is 4. The Labute approximate surface area is 287 Å². The number of anilines is 6. The van der Waals surface area contributed by atoms with Crippen LogP contribution in [0.15, 0.2) is 47.4 Å². The van der Waals surface area contributed by atoms with Crippen LogP contribution in [0.25, 0.3) is 0 Å². The maximum absolute atomic E-state index is 12.2. The van der Waals surface area contributed by atoms with Crippen molar-refractivity contribution in [3.63, 3.8) is 0 Å². The van der Waals surface area contributed by atoms with Crippen molar-refractivity contribution in [1.29, 1.82) is 0 Å². The SMILES string of the molecule is CCc1ccccc1Nc1nc(NCCS(=O)(=O)CCOS(=O)(=O)[O-])nc(Nc2ccc(S(=O)(=O)[O-])c(N)c2)n1.[Na+].[Na+]. The van der Waals surface area contributed by atoms with E-state index in [1.54, 1.807) is 0 Å². The van der Waals surface area contributed by atoms with Gasteiger partial charge in [0.05, 0.1) is 28.7 Å². The summed E-state index contributed by atoms with van der Waals surface area (Å²) in [6, 6.07) is 10.9. The summed E-state index contributed by atoms with van der Waals surface area (Å²) in [5.41, 5.74) is 7.33. The van der Waals surface area contributed by atoms with Gasteiger partial charge in [-0.1, -0.05) is 25.1 Å². The summed E-state index contributed by atoms with van der Waals surface area (Å²) >= 11 is 0. The van der Waals surface area contributed by atoms with E-state index < -0.39 is 53.4 Å². The van der Waals surface area contributed by atoms with Crippen LogP contribution in [0.3, 0.4) is 0 Å². The van der Waals surface area contributed by atoms with Crippen molar-refractivity contribution < 1.29 is 97.7 Å². The van der Waals surface area contributed by atoms with Crippen molar-refractivity contribution in [3.8, 4) is 0 Å². The third-order valence-corrected chi connectivity index (χ3v) is 8.11. The molecule has 2 aromatic carbocycles. The molecule has 1 heterocycles. The Morgan fingerprint density at radius 3 is 2.07 bits per heavy atom. The Morgan fingerprint density at radius 2 is 1.48 bits per heavy atom. The molecule has 0 aliphatic heterocycles.